The van der Waals surface area contributed by atoms with Crippen LogP contribution >= 0.6 is 0 Å². The number of hydrogen-bond acceptors (Lipinski definition) is 5. The van der Waals surface area contributed by atoms with Gasteiger partial charge in [-0.05, 0) is 37.5 Å². The predicted octanol–water partition coefficient (Wildman–Crippen LogP) is 6.29. The number of aromatic nitrogens is 2. The lowest BCUT2D eigenvalue weighted by Gasteiger charge is -2.37. The van der Waals surface area contributed by atoms with Crippen molar-refractivity contribution in [2.75, 3.05) is 13.2 Å². The molecular formula is C36H35F3N2O5. The van der Waals surface area contributed by atoms with Gasteiger partial charge >= 0.3 is 11.9 Å². The fourth-order valence-corrected chi connectivity index (χ4v) is 5.52. The van der Waals surface area contributed by atoms with E-state index in [1.807, 2.05) is 112 Å². The van der Waals surface area contributed by atoms with Gasteiger partial charge in [0.15, 0.2) is 0 Å². The van der Waals surface area contributed by atoms with Gasteiger partial charge in [0.1, 0.15) is 30.1 Å². The number of nitrogens with one attached hydrogen (secondary N) is 1. The summed E-state index contributed by atoms with van der Waals surface area (Å²) < 4.78 is 60.8. The maximum atomic E-state index is 13.6. The Morgan fingerprint density at radius 2 is 1.39 bits per heavy atom. The molecule has 0 spiro atoms. The fraction of sp³-hybridized carbons (Fsp3) is 0.333. The van der Waals surface area contributed by atoms with Crippen molar-refractivity contribution in [1.29, 1.82) is 0 Å². The molecule has 0 radical (unpaired) electrons. The number of nitrogens with zero attached hydrogens (tertiary/aromatic N) is 1. The van der Waals surface area contributed by atoms with Crippen LogP contribution in [0.15, 0.2) is 107 Å². The number of aromatic amines is 1. The highest BCUT2D eigenvalue weighted by Gasteiger charge is 2.43. The molecule has 5 rings (SSSR count). The van der Waals surface area contributed by atoms with Crippen LogP contribution in [0, 0.1) is 17.3 Å². The van der Waals surface area contributed by atoms with Crippen LogP contribution in [0.5, 0.6) is 0 Å². The Kier molecular flexibility index (Phi) is 9.68. The molecule has 0 saturated carbocycles. The van der Waals surface area contributed by atoms with Gasteiger partial charge in [-0.15, -0.1) is 0 Å². The second-order valence-corrected chi connectivity index (χ2v) is 12.1. The zero-order chi connectivity index (χ0) is 33.0. The van der Waals surface area contributed by atoms with Gasteiger partial charge in [0.25, 0.3) is 5.56 Å². The van der Waals surface area contributed by atoms with Crippen LogP contribution in [-0.4, -0.2) is 35.0 Å². The molecule has 2 heterocycles. The SMILES string of the molecule is CC(C)(C)C#CCO[C@H]1C[C@H](n2cc(C(F)(F)F)c(=O)[nH]c2=O)O[C@@H]1COC(c1ccccc1)(c1ccccc1)c1ccccc1. The highest BCUT2D eigenvalue weighted by Crippen LogP contribution is 2.42. The fourth-order valence-electron chi connectivity index (χ4n) is 5.52. The van der Waals surface area contributed by atoms with Crippen LogP contribution in [0.4, 0.5) is 13.2 Å². The lowest BCUT2D eigenvalue weighted by Crippen LogP contribution is -2.39. The first-order valence-corrected chi connectivity index (χ1v) is 14.9. The van der Waals surface area contributed by atoms with E-state index in [0.29, 0.717) is 6.20 Å². The van der Waals surface area contributed by atoms with Crippen molar-refractivity contribution in [1.82, 2.24) is 9.55 Å². The summed E-state index contributed by atoms with van der Waals surface area (Å²) in [6.45, 7) is 5.86. The van der Waals surface area contributed by atoms with E-state index in [0.717, 1.165) is 21.3 Å². The van der Waals surface area contributed by atoms with E-state index in [9.17, 15) is 22.8 Å². The summed E-state index contributed by atoms with van der Waals surface area (Å²) in [4.78, 5) is 26.5. The van der Waals surface area contributed by atoms with Crippen LogP contribution in [0.25, 0.3) is 0 Å². The quantitative estimate of drug-likeness (QED) is 0.173. The monoisotopic (exact) mass is 632 g/mol. The third-order valence-corrected chi connectivity index (χ3v) is 7.60. The normalized spacial score (nSPS) is 18.6. The number of benzene rings is 3. The Morgan fingerprint density at radius 3 is 1.87 bits per heavy atom. The molecule has 1 N–H and O–H groups in total. The number of alkyl halides is 3. The Labute approximate surface area is 265 Å². The van der Waals surface area contributed by atoms with Crippen molar-refractivity contribution in [2.45, 2.75) is 57.4 Å². The molecule has 0 amide bonds. The second-order valence-electron chi connectivity index (χ2n) is 12.1. The van der Waals surface area contributed by atoms with E-state index >= 15 is 0 Å². The first kappa shape index (κ1) is 32.9. The standard InChI is InChI=1S/C36H35F3N2O5/c1-34(2,3)20-13-21-44-29-22-31(41-23-28(36(37,38)39)32(42)40-33(41)43)46-30(29)24-45-35(25-14-7-4-8-15-25,26-16-9-5-10-17-26)27-18-11-6-12-19-27/h4-12,14-19,23,29-31H,21-22,24H2,1-3H3,(H,40,42,43)/t29-,30+,31+/m0/s1. The summed E-state index contributed by atoms with van der Waals surface area (Å²) in [5, 5.41) is 0. The van der Waals surface area contributed by atoms with E-state index in [2.05, 4.69) is 11.8 Å². The number of halogens is 3. The summed E-state index contributed by atoms with van der Waals surface area (Å²) in [5.74, 6) is 6.09. The molecule has 240 valence electrons. The molecule has 3 atom stereocenters. The number of hydrogen-bond donors (Lipinski definition) is 1. The van der Waals surface area contributed by atoms with E-state index in [1.54, 1.807) is 4.98 Å². The second kappa shape index (κ2) is 13.5. The number of ether oxygens (including phenoxy) is 3. The van der Waals surface area contributed by atoms with Gasteiger partial charge in [-0.1, -0.05) is 103 Å². The summed E-state index contributed by atoms with van der Waals surface area (Å²) >= 11 is 0. The van der Waals surface area contributed by atoms with Gasteiger partial charge in [-0.3, -0.25) is 14.3 Å². The summed E-state index contributed by atoms with van der Waals surface area (Å²) in [7, 11) is 0. The average Bonchev–Trinajstić information content (AvgIpc) is 3.42. The third-order valence-electron chi connectivity index (χ3n) is 7.60. The highest BCUT2D eigenvalue weighted by molar-refractivity contribution is 5.47. The van der Waals surface area contributed by atoms with Gasteiger partial charge in [-0.2, -0.15) is 13.2 Å². The zero-order valence-corrected chi connectivity index (χ0v) is 25.7. The largest absolute Gasteiger partial charge is 0.423 e. The molecule has 46 heavy (non-hydrogen) atoms. The Hall–Kier alpha value is -4.43. The van der Waals surface area contributed by atoms with Gasteiger partial charge in [0.05, 0.1) is 12.7 Å². The molecule has 3 aromatic carbocycles. The Balaban J connectivity index is 1.53. The van der Waals surface area contributed by atoms with Crippen molar-refractivity contribution < 1.29 is 27.4 Å². The summed E-state index contributed by atoms with van der Waals surface area (Å²) in [6, 6.07) is 29.0. The minimum Gasteiger partial charge on any atom is -0.363 e. The molecule has 7 nitrogen and oxygen atoms in total. The van der Waals surface area contributed by atoms with Crippen LogP contribution < -0.4 is 11.2 Å². The van der Waals surface area contributed by atoms with Crippen molar-refractivity contribution in [3.8, 4) is 11.8 Å². The summed E-state index contributed by atoms with van der Waals surface area (Å²) in [6.07, 6.45) is -7.14. The molecule has 4 aromatic rings. The molecular weight excluding hydrogens is 597 g/mol. The Morgan fingerprint density at radius 1 is 0.870 bits per heavy atom. The van der Waals surface area contributed by atoms with Crippen molar-refractivity contribution in [3.63, 3.8) is 0 Å². The van der Waals surface area contributed by atoms with Crippen molar-refractivity contribution in [2.24, 2.45) is 5.41 Å². The summed E-state index contributed by atoms with van der Waals surface area (Å²) in [5.41, 5.74) is -2.86. The van der Waals surface area contributed by atoms with Crippen LogP contribution in [0.2, 0.25) is 0 Å². The molecule has 1 aliphatic heterocycles. The molecule has 1 fully saturated rings. The van der Waals surface area contributed by atoms with E-state index in [4.69, 9.17) is 14.2 Å². The first-order chi connectivity index (χ1) is 21.9. The molecule has 0 aliphatic carbocycles. The van der Waals surface area contributed by atoms with Crippen molar-refractivity contribution >= 4 is 0 Å². The molecule has 1 aliphatic rings. The lowest BCUT2D eigenvalue weighted by atomic mass is 9.80. The topological polar surface area (TPSA) is 82.6 Å². The van der Waals surface area contributed by atoms with Gasteiger partial charge in [0, 0.05) is 18.0 Å². The van der Waals surface area contributed by atoms with E-state index in [-0.39, 0.29) is 25.0 Å². The van der Waals surface area contributed by atoms with Crippen LogP contribution in [-0.2, 0) is 26.0 Å². The van der Waals surface area contributed by atoms with Crippen LogP contribution in [0.1, 0.15) is 55.7 Å². The third kappa shape index (κ3) is 7.34. The smallest absolute Gasteiger partial charge is 0.363 e. The minimum absolute atomic E-state index is 0.0173. The predicted molar refractivity (Wildman–Crippen MR) is 167 cm³/mol. The maximum absolute atomic E-state index is 13.6. The zero-order valence-electron chi connectivity index (χ0n) is 25.7. The molecule has 1 saturated heterocycles. The molecule has 0 bridgehead atoms. The number of H-pyrrole nitrogens is 1. The van der Waals surface area contributed by atoms with Gasteiger partial charge in [-0.25, -0.2) is 4.79 Å². The van der Waals surface area contributed by atoms with Gasteiger partial charge < -0.3 is 14.2 Å². The van der Waals surface area contributed by atoms with Crippen molar-refractivity contribution in [3.05, 3.63) is 140 Å². The number of rotatable bonds is 9. The first-order valence-electron chi connectivity index (χ1n) is 14.9. The van der Waals surface area contributed by atoms with E-state index < -0.39 is 47.0 Å². The van der Waals surface area contributed by atoms with E-state index in [1.165, 1.54) is 0 Å². The molecule has 10 heteroatoms. The van der Waals surface area contributed by atoms with Gasteiger partial charge in [0.2, 0.25) is 0 Å². The lowest BCUT2D eigenvalue weighted by molar-refractivity contribution is -0.140. The highest BCUT2D eigenvalue weighted by atomic mass is 19.4. The maximum Gasteiger partial charge on any atom is 0.423 e. The average molecular weight is 633 g/mol. The minimum atomic E-state index is -4.97. The van der Waals surface area contributed by atoms with Crippen LogP contribution in [0.3, 0.4) is 0 Å². The molecule has 1 aromatic heterocycles. The molecule has 0 unspecified atom stereocenters. The Bertz CT molecular complexity index is 1690.